The normalized spacial score (nSPS) is 12.6. The minimum Gasteiger partial charge on any atom is -0.406 e. The quantitative estimate of drug-likeness (QED) is 0.386. The van der Waals surface area contributed by atoms with Crippen molar-refractivity contribution in [3.63, 3.8) is 0 Å². The van der Waals surface area contributed by atoms with E-state index in [1.54, 1.807) is 12.1 Å². The van der Waals surface area contributed by atoms with E-state index < -0.39 is 6.36 Å². The van der Waals surface area contributed by atoms with E-state index in [1.807, 2.05) is 6.07 Å². The molecular formula is C23H19F3O. The van der Waals surface area contributed by atoms with Crippen LogP contribution >= 0.6 is 0 Å². The highest BCUT2D eigenvalue weighted by Crippen LogP contribution is 2.39. The van der Waals surface area contributed by atoms with Crippen LogP contribution in [0.4, 0.5) is 13.2 Å². The summed E-state index contributed by atoms with van der Waals surface area (Å²) in [4.78, 5) is 0. The van der Waals surface area contributed by atoms with Gasteiger partial charge in [-0.1, -0.05) is 61.9 Å². The van der Waals surface area contributed by atoms with Crippen molar-refractivity contribution in [1.29, 1.82) is 0 Å². The molecule has 3 aromatic rings. The summed E-state index contributed by atoms with van der Waals surface area (Å²) in [6.45, 7) is 2.18. The predicted molar refractivity (Wildman–Crippen MR) is 101 cm³/mol. The lowest BCUT2D eigenvalue weighted by Gasteiger charge is -2.10. The van der Waals surface area contributed by atoms with Crippen LogP contribution in [0.5, 0.6) is 5.75 Å². The highest BCUT2D eigenvalue weighted by molar-refractivity contribution is 5.80. The number of ether oxygens (including phenoxy) is 1. The molecule has 1 aliphatic rings. The second-order valence-electron chi connectivity index (χ2n) is 6.86. The summed E-state index contributed by atoms with van der Waals surface area (Å²) in [5, 5.41) is 0. The van der Waals surface area contributed by atoms with Crippen molar-refractivity contribution in [2.45, 2.75) is 32.5 Å². The number of benzene rings is 3. The van der Waals surface area contributed by atoms with E-state index in [4.69, 9.17) is 0 Å². The van der Waals surface area contributed by atoms with Crippen LogP contribution in [0, 0.1) is 0 Å². The van der Waals surface area contributed by atoms with E-state index in [-0.39, 0.29) is 5.75 Å². The van der Waals surface area contributed by atoms with E-state index in [1.165, 1.54) is 39.9 Å². The smallest absolute Gasteiger partial charge is 0.406 e. The fraction of sp³-hybridized carbons (Fsp3) is 0.217. The van der Waals surface area contributed by atoms with Crippen LogP contribution in [0.3, 0.4) is 0 Å². The first-order valence-corrected chi connectivity index (χ1v) is 9.04. The second kappa shape index (κ2) is 6.76. The Balaban J connectivity index is 1.60. The SMILES string of the molecule is CCCc1ccc2c(c1)Cc1cc(-c3ccc(OC(F)(F)F)cc3)ccc1-2. The number of alkyl halides is 3. The summed E-state index contributed by atoms with van der Waals surface area (Å²) in [5.41, 5.74) is 8.36. The van der Waals surface area contributed by atoms with Gasteiger partial charge < -0.3 is 4.74 Å². The van der Waals surface area contributed by atoms with Gasteiger partial charge in [-0.3, -0.25) is 0 Å². The van der Waals surface area contributed by atoms with Gasteiger partial charge >= 0.3 is 6.36 Å². The third kappa shape index (κ3) is 3.70. The minimum atomic E-state index is -4.67. The molecule has 138 valence electrons. The molecule has 0 bridgehead atoms. The number of fused-ring (bicyclic) bond motifs is 3. The van der Waals surface area contributed by atoms with Crippen molar-refractivity contribution in [2.75, 3.05) is 0 Å². The Bertz CT molecular complexity index is 972. The fourth-order valence-electron chi connectivity index (χ4n) is 3.74. The van der Waals surface area contributed by atoms with Gasteiger partial charge in [-0.15, -0.1) is 13.2 Å². The monoisotopic (exact) mass is 368 g/mol. The largest absolute Gasteiger partial charge is 0.573 e. The molecule has 0 saturated carbocycles. The number of halogens is 3. The lowest BCUT2D eigenvalue weighted by atomic mass is 9.99. The van der Waals surface area contributed by atoms with Crippen molar-refractivity contribution < 1.29 is 17.9 Å². The summed E-state index contributed by atoms with van der Waals surface area (Å²) in [6, 6.07) is 19.0. The van der Waals surface area contributed by atoms with Gasteiger partial charge in [0.25, 0.3) is 0 Å². The molecule has 3 aromatic carbocycles. The van der Waals surface area contributed by atoms with Crippen LogP contribution in [-0.4, -0.2) is 6.36 Å². The lowest BCUT2D eigenvalue weighted by Crippen LogP contribution is -2.16. The maximum absolute atomic E-state index is 12.3. The Hall–Kier alpha value is -2.75. The molecule has 0 radical (unpaired) electrons. The maximum Gasteiger partial charge on any atom is 0.573 e. The number of hydrogen-bond acceptors (Lipinski definition) is 1. The van der Waals surface area contributed by atoms with E-state index in [2.05, 4.69) is 42.0 Å². The molecule has 0 fully saturated rings. The van der Waals surface area contributed by atoms with E-state index in [9.17, 15) is 13.2 Å². The molecule has 0 amide bonds. The van der Waals surface area contributed by atoms with E-state index in [0.717, 1.165) is 30.4 Å². The number of hydrogen-bond donors (Lipinski definition) is 0. The summed E-state index contributed by atoms with van der Waals surface area (Å²) in [6.07, 6.45) is -1.56. The molecule has 0 N–H and O–H groups in total. The molecule has 0 aliphatic heterocycles. The van der Waals surface area contributed by atoms with Crippen molar-refractivity contribution in [1.82, 2.24) is 0 Å². The molecule has 0 aromatic heterocycles. The predicted octanol–water partition coefficient (Wildman–Crippen LogP) is 6.78. The van der Waals surface area contributed by atoms with Gasteiger partial charge in [-0.2, -0.15) is 0 Å². The Morgan fingerprint density at radius 2 is 1.44 bits per heavy atom. The van der Waals surface area contributed by atoms with Crippen LogP contribution in [0.25, 0.3) is 22.3 Å². The maximum atomic E-state index is 12.3. The fourth-order valence-corrected chi connectivity index (χ4v) is 3.74. The first-order valence-electron chi connectivity index (χ1n) is 9.04. The third-order valence-electron chi connectivity index (χ3n) is 4.91. The number of rotatable bonds is 4. The Morgan fingerprint density at radius 1 is 0.815 bits per heavy atom. The van der Waals surface area contributed by atoms with Gasteiger partial charge in [0.15, 0.2) is 0 Å². The highest BCUT2D eigenvalue weighted by Gasteiger charge is 2.31. The van der Waals surface area contributed by atoms with Crippen molar-refractivity contribution in [3.05, 3.63) is 77.4 Å². The Kier molecular flexibility index (Phi) is 4.42. The zero-order chi connectivity index (χ0) is 19.0. The first kappa shape index (κ1) is 17.7. The van der Waals surface area contributed by atoms with Crippen molar-refractivity contribution >= 4 is 0 Å². The zero-order valence-corrected chi connectivity index (χ0v) is 14.9. The average molecular weight is 368 g/mol. The van der Waals surface area contributed by atoms with Gasteiger partial charge in [0, 0.05) is 0 Å². The summed E-state index contributed by atoms with van der Waals surface area (Å²) < 4.78 is 40.8. The van der Waals surface area contributed by atoms with Crippen LogP contribution in [0.2, 0.25) is 0 Å². The molecule has 4 rings (SSSR count). The molecule has 27 heavy (non-hydrogen) atoms. The highest BCUT2D eigenvalue weighted by atomic mass is 19.4. The molecule has 0 heterocycles. The van der Waals surface area contributed by atoms with Crippen LogP contribution in [0.1, 0.15) is 30.0 Å². The molecule has 0 unspecified atom stereocenters. The topological polar surface area (TPSA) is 9.23 Å². The molecule has 0 atom stereocenters. The third-order valence-corrected chi connectivity index (χ3v) is 4.91. The van der Waals surface area contributed by atoms with Crippen molar-refractivity contribution in [3.8, 4) is 28.0 Å². The Labute approximate surface area is 156 Å². The van der Waals surface area contributed by atoms with Crippen molar-refractivity contribution in [2.24, 2.45) is 0 Å². The zero-order valence-electron chi connectivity index (χ0n) is 14.9. The standard InChI is InChI=1S/C23H19F3O/c1-2-3-15-4-10-21-18(12-15)14-19-13-17(7-11-22(19)21)16-5-8-20(9-6-16)27-23(24,25)26/h4-13H,2-3,14H2,1H3. The van der Waals surface area contributed by atoms with Gasteiger partial charge in [0.2, 0.25) is 0 Å². The van der Waals surface area contributed by atoms with Crippen LogP contribution < -0.4 is 4.74 Å². The summed E-state index contributed by atoms with van der Waals surface area (Å²) in [7, 11) is 0. The summed E-state index contributed by atoms with van der Waals surface area (Å²) in [5.74, 6) is -0.205. The second-order valence-corrected chi connectivity index (χ2v) is 6.86. The molecule has 1 nitrogen and oxygen atoms in total. The lowest BCUT2D eigenvalue weighted by molar-refractivity contribution is -0.274. The van der Waals surface area contributed by atoms with Crippen LogP contribution in [0.15, 0.2) is 60.7 Å². The van der Waals surface area contributed by atoms with E-state index >= 15 is 0 Å². The number of aryl methyl sites for hydroxylation is 1. The molecule has 4 heteroatoms. The summed E-state index contributed by atoms with van der Waals surface area (Å²) >= 11 is 0. The van der Waals surface area contributed by atoms with Gasteiger partial charge in [-0.25, -0.2) is 0 Å². The van der Waals surface area contributed by atoms with E-state index in [0.29, 0.717) is 0 Å². The molecular weight excluding hydrogens is 349 g/mol. The van der Waals surface area contributed by atoms with Gasteiger partial charge in [-0.05, 0) is 63.9 Å². The first-order chi connectivity index (χ1) is 12.9. The average Bonchev–Trinajstić information content (AvgIpc) is 2.98. The minimum absolute atomic E-state index is 0.205. The van der Waals surface area contributed by atoms with Gasteiger partial charge in [0.05, 0.1) is 0 Å². The van der Waals surface area contributed by atoms with Crippen LogP contribution in [-0.2, 0) is 12.8 Å². The van der Waals surface area contributed by atoms with Gasteiger partial charge in [0.1, 0.15) is 5.75 Å². The molecule has 0 saturated heterocycles. The molecule has 0 spiro atoms. The Morgan fingerprint density at radius 3 is 2.11 bits per heavy atom. The molecule has 1 aliphatic carbocycles.